The molecule has 0 unspecified atom stereocenters. The molecule has 0 saturated carbocycles. The molecule has 0 N–H and O–H groups in total. The first kappa shape index (κ1) is 20.5. The van der Waals surface area contributed by atoms with E-state index in [1.54, 1.807) is 6.07 Å². The van der Waals surface area contributed by atoms with E-state index in [0.717, 1.165) is 22.4 Å². The van der Waals surface area contributed by atoms with Crippen LogP contribution in [0.4, 0.5) is 4.39 Å². The Labute approximate surface area is 168 Å². The number of rotatable bonds is 2. The van der Waals surface area contributed by atoms with Gasteiger partial charge in [0.2, 0.25) is 0 Å². The summed E-state index contributed by atoms with van der Waals surface area (Å²) in [7, 11) is 1.92. The molecule has 0 aliphatic carbocycles. The standard InChI is InChI=1S/C22H24FN2.Ir/c1-14-8-7-9-15(2)20(14)18-13-25(6)24-21(18)17-11-10-16(23)12-19(17)22(3,4)5;/h7-10,12-13H,1-6H3;/q-1;. The first-order chi connectivity index (χ1) is 11.7. The molecule has 1 aromatic heterocycles. The second-order valence-corrected chi connectivity index (χ2v) is 7.69. The first-order valence-corrected chi connectivity index (χ1v) is 8.51. The number of halogens is 1. The van der Waals surface area contributed by atoms with E-state index >= 15 is 0 Å². The van der Waals surface area contributed by atoms with Crippen molar-refractivity contribution in [2.75, 3.05) is 0 Å². The molecule has 0 spiro atoms. The monoisotopic (exact) mass is 528 g/mol. The Morgan fingerprint density at radius 1 is 1.12 bits per heavy atom. The molecule has 2 aromatic carbocycles. The summed E-state index contributed by atoms with van der Waals surface area (Å²) >= 11 is 0. The smallest absolute Gasteiger partial charge is 0.0382 e. The van der Waals surface area contributed by atoms with Gasteiger partial charge in [0, 0.05) is 44.9 Å². The molecule has 2 nitrogen and oxygen atoms in total. The number of aryl methyl sites for hydroxylation is 3. The number of benzene rings is 2. The van der Waals surface area contributed by atoms with Gasteiger partial charge < -0.3 is 0 Å². The van der Waals surface area contributed by atoms with Crippen LogP contribution in [0.2, 0.25) is 0 Å². The van der Waals surface area contributed by atoms with Gasteiger partial charge in [-0.15, -0.1) is 29.3 Å². The third-order valence-corrected chi connectivity index (χ3v) is 4.53. The van der Waals surface area contributed by atoms with Crippen molar-refractivity contribution in [2.45, 2.75) is 40.0 Å². The van der Waals surface area contributed by atoms with E-state index in [0.29, 0.717) is 0 Å². The van der Waals surface area contributed by atoms with E-state index in [4.69, 9.17) is 5.10 Å². The quantitative estimate of drug-likeness (QED) is 0.397. The van der Waals surface area contributed by atoms with Crippen molar-refractivity contribution in [3.05, 3.63) is 65.1 Å². The van der Waals surface area contributed by atoms with Crippen LogP contribution >= 0.6 is 0 Å². The molecular formula is C22H24FIrN2-. The zero-order valence-corrected chi connectivity index (χ0v) is 18.5. The molecular weight excluding hydrogens is 503 g/mol. The normalized spacial score (nSPS) is 11.3. The Kier molecular flexibility index (Phi) is 5.89. The van der Waals surface area contributed by atoms with Crippen LogP contribution in [-0.4, -0.2) is 9.78 Å². The number of aromatic nitrogens is 2. The van der Waals surface area contributed by atoms with Crippen molar-refractivity contribution in [1.29, 1.82) is 0 Å². The van der Waals surface area contributed by atoms with Gasteiger partial charge in [0.05, 0.1) is 0 Å². The third-order valence-electron chi connectivity index (χ3n) is 4.53. The van der Waals surface area contributed by atoms with Crippen LogP contribution in [-0.2, 0) is 32.6 Å². The van der Waals surface area contributed by atoms with Crippen molar-refractivity contribution in [3.8, 4) is 22.4 Å². The Bertz CT molecular complexity index is 916. The molecule has 0 bridgehead atoms. The van der Waals surface area contributed by atoms with Gasteiger partial charge in [-0.1, -0.05) is 39.0 Å². The number of hydrogen-bond donors (Lipinski definition) is 0. The van der Waals surface area contributed by atoms with Crippen LogP contribution in [0.25, 0.3) is 22.4 Å². The Hall–Kier alpha value is -1.77. The van der Waals surface area contributed by atoms with Crippen molar-refractivity contribution in [1.82, 2.24) is 9.78 Å². The Balaban J connectivity index is 0.00000243. The summed E-state index contributed by atoms with van der Waals surface area (Å²) in [6, 6.07) is 12.4. The van der Waals surface area contributed by atoms with Gasteiger partial charge in [0.15, 0.2) is 0 Å². The fourth-order valence-electron chi connectivity index (χ4n) is 3.35. The fourth-order valence-corrected chi connectivity index (χ4v) is 3.35. The summed E-state index contributed by atoms with van der Waals surface area (Å²) < 4.78 is 15.7. The Morgan fingerprint density at radius 2 is 1.73 bits per heavy atom. The van der Waals surface area contributed by atoms with Crippen molar-refractivity contribution in [2.24, 2.45) is 7.05 Å². The van der Waals surface area contributed by atoms with Gasteiger partial charge in [-0.3, -0.25) is 9.07 Å². The summed E-state index contributed by atoms with van der Waals surface area (Å²) in [5, 5.41) is 4.71. The van der Waals surface area contributed by atoms with Crippen LogP contribution in [0.5, 0.6) is 0 Å². The van der Waals surface area contributed by atoms with E-state index in [9.17, 15) is 4.39 Å². The Morgan fingerprint density at radius 3 is 2.31 bits per heavy atom. The van der Waals surface area contributed by atoms with E-state index in [1.807, 2.05) is 17.9 Å². The molecule has 0 saturated heterocycles. The summed E-state index contributed by atoms with van der Waals surface area (Å²) in [6.45, 7) is 10.5. The van der Waals surface area contributed by atoms with E-state index in [2.05, 4.69) is 58.9 Å². The molecule has 1 radical (unpaired) electrons. The van der Waals surface area contributed by atoms with Gasteiger partial charge in [-0.05, 0) is 41.5 Å². The van der Waals surface area contributed by atoms with Crippen LogP contribution < -0.4 is 0 Å². The second kappa shape index (κ2) is 7.46. The summed E-state index contributed by atoms with van der Waals surface area (Å²) in [5.74, 6) is -0.266. The third kappa shape index (κ3) is 3.82. The molecule has 0 aliphatic heterocycles. The summed E-state index contributed by atoms with van der Waals surface area (Å²) in [4.78, 5) is 0. The van der Waals surface area contributed by atoms with E-state index < -0.39 is 0 Å². The molecule has 0 atom stereocenters. The van der Waals surface area contributed by atoms with E-state index in [-0.39, 0.29) is 31.3 Å². The van der Waals surface area contributed by atoms with E-state index in [1.165, 1.54) is 22.8 Å². The zero-order chi connectivity index (χ0) is 18.4. The van der Waals surface area contributed by atoms with Crippen molar-refractivity contribution in [3.63, 3.8) is 0 Å². The van der Waals surface area contributed by atoms with Gasteiger partial charge in [0.1, 0.15) is 0 Å². The number of nitrogens with zero attached hydrogens (tertiary/aromatic N) is 2. The SMILES string of the molecule is Cc1cccc(C)c1-c1cn(C)nc1-c1[c-]cc(F)cc1C(C)(C)C.[Ir]. The average Bonchev–Trinajstić information content (AvgIpc) is 2.87. The maximum Gasteiger partial charge on any atom is 0.0382 e. The molecule has 1 heterocycles. The maximum atomic E-state index is 13.9. The van der Waals surface area contributed by atoms with Gasteiger partial charge in [-0.2, -0.15) is 0 Å². The minimum Gasteiger partial charge on any atom is -0.285 e. The maximum absolute atomic E-state index is 13.9. The average molecular weight is 528 g/mol. The molecule has 139 valence electrons. The van der Waals surface area contributed by atoms with Crippen LogP contribution in [0, 0.1) is 25.7 Å². The molecule has 0 fully saturated rings. The molecule has 3 aromatic rings. The topological polar surface area (TPSA) is 17.8 Å². The summed E-state index contributed by atoms with van der Waals surface area (Å²) in [6.07, 6.45) is 2.04. The first-order valence-electron chi connectivity index (χ1n) is 8.51. The fraction of sp³-hybridized carbons (Fsp3) is 0.318. The second-order valence-electron chi connectivity index (χ2n) is 7.69. The van der Waals surface area contributed by atoms with Crippen LogP contribution in [0.15, 0.2) is 36.5 Å². The summed E-state index contributed by atoms with van der Waals surface area (Å²) in [5.41, 5.74) is 7.08. The molecule has 4 heteroatoms. The van der Waals surface area contributed by atoms with Crippen molar-refractivity contribution >= 4 is 0 Å². The van der Waals surface area contributed by atoms with Gasteiger partial charge >= 0.3 is 0 Å². The predicted molar refractivity (Wildman–Crippen MR) is 101 cm³/mol. The minimum absolute atomic E-state index is 0. The zero-order valence-electron chi connectivity index (χ0n) is 16.1. The molecule has 0 aliphatic rings. The molecule has 0 amide bonds. The predicted octanol–water partition coefficient (Wildman–Crippen LogP) is 5.61. The van der Waals surface area contributed by atoms with Crippen LogP contribution in [0.1, 0.15) is 37.5 Å². The minimum atomic E-state index is -0.266. The largest absolute Gasteiger partial charge is 0.285 e. The van der Waals surface area contributed by atoms with Crippen molar-refractivity contribution < 1.29 is 24.5 Å². The van der Waals surface area contributed by atoms with Gasteiger partial charge in [0.25, 0.3) is 0 Å². The van der Waals surface area contributed by atoms with Crippen LogP contribution in [0.3, 0.4) is 0 Å². The molecule has 26 heavy (non-hydrogen) atoms. The molecule has 3 rings (SSSR count). The van der Waals surface area contributed by atoms with Gasteiger partial charge in [-0.25, -0.2) is 5.10 Å². The number of hydrogen-bond acceptors (Lipinski definition) is 1.